The van der Waals surface area contributed by atoms with Crippen molar-refractivity contribution in [3.8, 4) is 6.07 Å². The first-order valence-corrected chi connectivity index (χ1v) is 10.2. The van der Waals surface area contributed by atoms with Crippen molar-refractivity contribution in [3.05, 3.63) is 30.1 Å². The number of nitrogens with zero attached hydrogens (tertiary/aromatic N) is 4. The molecule has 1 aliphatic rings. The maximum Gasteiger partial charge on any atom is 0.113 e. The molecule has 0 spiro atoms. The zero-order valence-electron chi connectivity index (χ0n) is 17.7. The van der Waals surface area contributed by atoms with E-state index in [-0.39, 0.29) is 17.4 Å². The van der Waals surface area contributed by atoms with E-state index < -0.39 is 6.10 Å². The van der Waals surface area contributed by atoms with Gasteiger partial charge in [0.05, 0.1) is 30.7 Å². The maximum atomic E-state index is 9.88. The van der Waals surface area contributed by atoms with Crippen LogP contribution in [0.2, 0.25) is 0 Å². The van der Waals surface area contributed by atoms with Crippen molar-refractivity contribution in [3.63, 3.8) is 0 Å². The third kappa shape index (κ3) is 5.21. The summed E-state index contributed by atoms with van der Waals surface area (Å²) in [6.07, 6.45) is 3.88. The van der Waals surface area contributed by atoms with Crippen LogP contribution in [0.3, 0.4) is 0 Å². The summed E-state index contributed by atoms with van der Waals surface area (Å²) in [7, 11) is 0. The van der Waals surface area contributed by atoms with Gasteiger partial charge in [-0.05, 0) is 29.9 Å². The average molecular weight is 398 g/mol. The van der Waals surface area contributed by atoms with Crippen LogP contribution in [0.25, 0.3) is 11.0 Å². The van der Waals surface area contributed by atoms with Crippen LogP contribution in [0, 0.1) is 22.7 Å². The Morgan fingerprint density at radius 3 is 2.72 bits per heavy atom. The van der Waals surface area contributed by atoms with Crippen molar-refractivity contribution in [2.75, 3.05) is 31.3 Å². The smallest absolute Gasteiger partial charge is 0.113 e. The minimum atomic E-state index is -0.445. The zero-order valence-corrected chi connectivity index (χ0v) is 17.7. The number of hydrogen-bond acceptors (Lipinski definition) is 7. The Labute approximate surface area is 172 Å². The van der Waals surface area contributed by atoms with Gasteiger partial charge >= 0.3 is 0 Å². The van der Waals surface area contributed by atoms with Crippen molar-refractivity contribution in [1.82, 2.24) is 15.3 Å². The van der Waals surface area contributed by atoms with Gasteiger partial charge in [-0.2, -0.15) is 5.26 Å². The molecule has 0 bridgehead atoms. The fraction of sp³-hybridized carbons (Fsp3) is 0.591. The average Bonchev–Trinajstić information content (AvgIpc) is 2.68. The molecule has 1 aromatic carbocycles. The maximum absolute atomic E-state index is 9.88. The summed E-state index contributed by atoms with van der Waals surface area (Å²) in [5.74, 6) is 0.185. The SMILES string of the molecule is CC(C)[C@@H](O)COCN[C@H]1CN(c2ccc(C#N)c3nccnc23)CC(C)(C)C1. The molecule has 2 N–H and O–H groups in total. The zero-order chi connectivity index (χ0) is 21.0. The first-order valence-electron chi connectivity index (χ1n) is 10.2. The second-order valence-corrected chi connectivity index (χ2v) is 8.97. The van der Waals surface area contributed by atoms with E-state index in [0.717, 1.165) is 30.7 Å². The van der Waals surface area contributed by atoms with Crippen molar-refractivity contribution in [1.29, 1.82) is 5.26 Å². The summed E-state index contributed by atoms with van der Waals surface area (Å²) in [6, 6.07) is 6.26. The number of anilines is 1. The molecule has 2 atom stereocenters. The molecule has 1 aromatic heterocycles. The van der Waals surface area contributed by atoms with Gasteiger partial charge in [-0.3, -0.25) is 15.3 Å². The van der Waals surface area contributed by atoms with Crippen molar-refractivity contribution in [2.24, 2.45) is 11.3 Å². The number of nitriles is 1. The van der Waals surface area contributed by atoms with Crippen molar-refractivity contribution >= 4 is 16.7 Å². The number of benzene rings is 1. The Hall–Kier alpha value is -2.27. The Morgan fingerprint density at radius 2 is 2.03 bits per heavy atom. The summed E-state index contributed by atoms with van der Waals surface area (Å²) in [4.78, 5) is 11.2. The number of piperidine rings is 1. The molecule has 1 saturated heterocycles. The first-order chi connectivity index (χ1) is 13.8. The normalized spacial score (nSPS) is 20.0. The number of fused-ring (bicyclic) bond motifs is 1. The van der Waals surface area contributed by atoms with Gasteiger partial charge in [0.1, 0.15) is 17.1 Å². The minimum Gasteiger partial charge on any atom is -0.390 e. The second-order valence-electron chi connectivity index (χ2n) is 8.97. The lowest BCUT2D eigenvalue weighted by atomic mass is 9.81. The molecular formula is C22H31N5O2. The highest BCUT2D eigenvalue weighted by atomic mass is 16.5. The monoisotopic (exact) mass is 397 g/mol. The highest BCUT2D eigenvalue weighted by molar-refractivity contribution is 5.92. The predicted molar refractivity (Wildman–Crippen MR) is 113 cm³/mol. The van der Waals surface area contributed by atoms with Gasteiger partial charge in [0, 0.05) is 31.5 Å². The van der Waals surface area contributed by atoms with Crippen LogP contribution in [-0.4, -0.2) is 53.6 Å². The van der Waals surface area contributed by atoms with Crippen LogP contribution in [-0.2, 0) is 4.74 Å². The molecule has 0 saturated carbocycles. The molecular weight excluding hydrogens is 366 g/mol. The van der Waals surface area contributed by atoms with Gasteiger partial charge in [0.15, 0.2) is 0 Å². The molecule has 7 heteroatoms. The molecule has 0 amide bonds. The van der Waals surface area contributed by atoms with Crippen LogP contribution in [0.15, 0.2) is 24.5 Å². The number of nitrogens with one attached hydrogen (secondary N) is 1. The van der Waals surface area contributed by atoms with Gasteiger partial charge in [-0.25, -0.2) is 0 Å². The van der Waals surface area contributed by atoms with Crippen LogP contribution < -0.4 is 10.2 Å². The predicted octanol–water partition coefficient (Wildman–Crippen LogP) is 2.69. The van der Waals surface area contributed by atoms with E-state index >= 15 is 0 Å². The van der Waals surface area contributed by atoms with E-state index in [0.29, 0.717) is 24.4 Å². The molecule has 3 rings (SSSR count). The number of aromatic nitrogens is 2. The summed E-state index contributed by atoms with van der Waals surface area (Å²) >= 11 is 0. The van der Waals surface area contributed by atoms with E-state index in [1.807, 2.05) is 26.0 Å². The Kier molecular flexibility index (Phi) is 6.68. The van der Waals surface area contributed by atoms with Gasteiger partial charge < -0.3 is 14.7 Å². The Morgan fingerprint density at radius 1 is 1.31 bits per heavy atom. The first kappa shape index (κ1) is 21.4. The summed E-state index contributed by atoms with van der Waals surface area (Å²) in [5, 5.41) is 22.7. The number of aliphatic hydroxyl groups excluding tert-OH is 1. The summed E-state index contributed by atoms with van der Waals surface area (Å²) in [6.45, 7) is 10.9. The van der Waals surface area contributed by atoms with Crippen molar-refractivity contribution < 1.29 is 9.84 Å². The lowest BCUT2D eigenvalue weighted by Gasteiger charge is -2.44. The molecule has 0 aliphatic carbocycles. The topological polar surface area (TPSA) is 94.3 Å². The van der Waals surface area contributed by atoms with Gasteiger partial charge in [-0.15, -0.1) is 0 Å². The molecule has 2 aromatic rings. The molecule has 7 nitrogen and oxygen atoms in total. The summed E-state index contributed by atoms with van der Waals surface area (Å²) in [5.41, 5.74) is 3.06. The Bertz CT molecular complexity index is 877. The van der Waals surface area contributed by atoms with E-state index in [9.17, 15) is 10.4 Å². The van der Waals surface area contributed by atoms with E-state index in [1.165, 1.54) is 0 Å². The summed E-state index contributed by atoms with van der Waals surface area (Å²) < 4.78 is 5.63. The third-order valence-electron chi connectivity index (χ3n) is 5.46. The fourth-order valence-corrected chi connectivity index (χ4v) is 3.90. The minimum absolute atomic E-state index is 0.107. The lowest BCUT2D eigenvalue weighted by molar-refractivity contribution is 0.00212. The van der Waals surface area contributed by atoms with Gasteiger partial charge in [0.2, 0.25) is 0 Å². The standard InChI is InChI=1S/C22H31N5O2/c1-15(2)19(28)12-29-14-26-17-9-22(3,4)13-27(11-17)18-6-5-16(10-23)20-21(18)25-8-7-24-20/h5-8,15,17,19,26,28H,9,11-14H2,1-4H3/t17-,19+/m1/s1. The van der Waals surface area contributed by atoms with Crippen LogP contribution in [0.1, 0.15) is 39.7 Å². The van der Waals surface area contributed by atoms with Crippen LogP contribution in [0.4, 0.5) is 5.69 Å². The molecule has 2 heterocycles. The van der Waals surface area contributed by atoms with Crippen LogP contribution in [0.5, 0.6) is 0 Å². The van der Waals surface area contributed by atoms with Crippen molar-refractivity contribution in [2.45, 2.75) is 46.3 Å². The number of ether oxygens (including phenoxy) is 1. The molecule has 1 aliphatic heterocycles. The molecule has 29 heavy (non-hydrogen) atoms. The van der Waals surface area contributed by atoms with Gasteiger partial charge in [-0.1, -0.05) is 27.7 Å². The number of aliphatic hydroxyl groups is 1. The molecule has 156 valence electrons. The van der Waals surface area contributed by atoms with Crippen LogP contribution >= 0.6 is 0 Å². The highest BCUT2D eigenvalue weighted by Gasteiger charge is 2.33. The van der Waals surface area contributed by atoms with E-state index in [4.69, 9.17) is 4.74 Å². The lowest BCUT2D eigenvalue weighted by Crippen LogP contribution is -2.53. The van der Waals surface area contributed by atoms with Gasteiger partial charge in [0.25, 0.3) is 0 Å². The highest BCUT2D eigenvalue weighted by Crippen LogP contribution is 2.34. The molecule has 1 fully saturated rings. The molecule has 0 radical (unpaired) electrons. The van der Waals surface area contributed by atoms with E-state index in [1.54, 1.807) is 12.4 Å². The Balaban J connectivity index is 1.74. The quantitative estimate of drug-likeness (QED) is 0.548. The number of rotatable bonds is 7. The third-order valence-corrected chi connectivity index (χ3v) is 5.46. The molecule has 0 unspecified atom stereocenters. The second kappa shape index (κ2) is 9.04. The fourth-order valence-electron chi connectivity index (χ4n) is 3.90. The largest absolute Gasteiger partial charge is 0.390 e. The van der Waals surface area contributed by atoms with E-state index in [2.05, 4.69) is 40.1 Å². The number of hydrogen-bond donors (Lipinski definition) is 2.